The molecule has 0 heterocycles. The van der Waals surface area contributed by atoms with Crippen molar-refractivity contribution in [2.75, 3.05) is 0 Å². The summed E-state index contributed by atoms with van der Waals surface area (Å²) in [6.07, 6.45) is 0. The van der Waals surface area contributed by atoms with Crippen LogP contribution in [0.4, 0.5) is 0 Å². The molecule has 2 aromatic carbocycles. The molecule has 0 aliphatic heterocycles. The van der Waals surface area contributed by atoms with Crippen LogP contribution >= 0.6 is 11.6 Å². The summed E-state index contributed by atoms with van der Waals surface area (Å²) in [6.45, 7) is 1.82. The molecule has 0 saturated heterocycles. The van der Waals surface area contributed by atoms with Crippen LogP contribution in [0.25, 0.3) is 0 Å². The Morgan fingerprint density at radius 1 is 1.00 bits per heavy atom. The van der Waals surface area contributed by atoms with Gasteiger partial charge in [0.1, 0.15) is 5.75 Å². The molecule has 2 rings (SSSR count). The summed E-state index contributed by atoms with van der Waals surface area (Å²) < 4.78 is 4.47. The highest BCUT2D eigenvalue weighted by molar-refractivity contribution is 6.35. The molecular formula is C16H15ClO7. The standard InChI is InChI=1S/C16H15ClO7/c1-9-2-7-13(17)12(8-9)14(18)10-3-5-11(6-4-10)24-16(22,23)15(19,20)21/h2-8,19-23H,1H3. The zero-order valence-corrected chi connectivity index (χ0v) is 13.2. The van der Waals surface area contributed by atoms with Crippen LogP contribution < -0.4 is 4.74 Å². The van der Waals surface area contributed by atoms with Crippen molar-refractivity contribution >= 4 is 17.4 Å². The average Bonchev–Trinajstić information content (AvgIpc) is 2.48. The van der Waals surface area contributed by atoms with Gasteiger partial charge in [-0.25, -0.2) is 0 Å². The van der Waals surface area contributed by atoms with Gasteiger partial charge in [-0.3, -0.25) is 4.79 Å². The molecule has 7 nitrogen and oxygen atoms in total. The van der Waals surface area contributed by atoms with Gasteiger partial charge in [-0.15, -0.1) is 0 Å². The third-order valence-corrected chi connectivity index (χ3v) is 3.51. The molecule has 0 amide bonds. The second kappa shape index (κ2) is 6.48. The largest absolute Gasteiger partial charge is 0.433 e. The van der Waals surface area contributed by atoms with Gasteiger partial charge in [0, 0.05) is 11.1 Å². The molecule has 2 aromatic rings. The summed E-state index contributed by atoms with van der Waals surface area (Å²) in [5.74, 6) is -8.13. The zero-order chi connectivity index (χ0) is 18.1. The number of benzene rings is 2. The number of ether oxygens (including phenoxy) is 1. The van der Waals surface area contributed by atoms with E-state index in [0.717, 1.165) is 5.56 Å². The summed E-state index contributed by atoms with van der Waals surface area (Å²) in [4.78, 5) is 12.4. The summed E-state index contributed by atoms with van der Waals surface area (Å²) >= 11 is 6.01. The van der Waals surface area contributed by atoms with Gasteiger partial charge in [0.05, 0.1) is 5.02 Å². The normalized spacial score (nSPS) is 12.1. The first-order chi connectivity index (χ1) is 11.0. The van der Waals surface area contributed by atoms with Crippen LogP contribution in [-0.2, 0) is 0 Å². The third-order valence-electron chi connectivity index (χ3n) is 3.18. The van der Waals surface area contributed by atoms with Gasteiger partial charge >= 0.3 is 11.9 Å². The third kappa shape index (κ3) is 3.90. The van der Waals surface area contributed by atoms with Crippen molar-refractivity contribution in [3.05, 3.63) is 64.2 Å². The number of hydrogen-bond donors (Lipinski definition) is 5. The van der Waals surface area contributed by atoms with E-state index in [1.807, 2.05) is 6.92 Å². The Morgan fingerprint density at radius 2 is 1.58 bits per heavy atom. The molecular weight excluding hydrogens is 340 g/mol. The fourth-order valence-corrected chi connectivity index (χ4v) is 2.08. The predicted molar refractivity (Wildman–Crippen MR) is 83.2 cm³/mol. The van der Waals surface area contributed by atoms with Gasteiger partial charge in [-0.05, 0) is 43.3 Å². The summed E-state index contributed by atoms with van der Waals surface area (Å²) in [5, 5.41) is 45.1. The maximum atomic E-state index is 12.4. The van der Waals surface area contributed by atoms with Crippen LogP contribution in [-0.4, -0.2) is 43.3 Å². The monoisotopic (exact) mass is 354 g/mol. The van der Waals surface area contributed by atoms with E-state index < -0.39 is 11.9 Å². The van der Waals surface area contributed by atoms with Crippen LogP contribution in [0.15, 0.2) is 42.5 Å². The van der Waals surface area contributed by atoms with Gasteiger partial charge in [0.25, 0.3) is 0 Å². The number of aliphatic hydroxyl groups is 5. The summed E-state index contributed by atoms with van der Waals surface area (Å²) in [5.41, 5.74) is 1.42. The molecule has 0 aliphatic carbocycles. The first kappa shape index (κ1) is 18.3. The minimum absolute atomic E-state index is 0.228. The SMILES string of the molecule is Cc1ccc(Cl)c(C(=O)c2ccc(OC(O)(O)C(O)(O)O)cc2)c1. The molecule has 0 unspecified atom stereocenters. The topological polar surface area (TPSA) is 127 Å². The number of carbonyl (C=O) groups excluding carboxylic acids is 1. The van der Waals surface area contributed by atoms with E-state index in [9.17, 15) is 15.0 Å². The molecule has 0 fully saturated rings. The Balaban J connectivity index is 2.23. The number of carbonyl (C=O) groups is 1. The second-order valence-electron chi connectivity index (χ2n) is 5.18. The van der Waals surface area contributed by atoms with Crippen molar-refractivity contribution in [3.63, 3.8) is 0 Å². The first-order valence-corrected chi connectivity index (χ1v) is 7.11. The number of rotatable bonds is 5. The average molecular weight is 355 g/mol. The smallest absolute Gasteiger partial charge is 0.409 e. The molecule has 0 radical (unpaired) electrons. The first-order valence-electron chi connectivity index (χ1n) is 6.73. The van der Waals surface area contributed by atoms with E-state index in [4.69, 9.17) is 26.9 Å². The van der Waals surface area contributed by atoms with Crippen LogP contribution in [0.5, 0.6) is 5.75 Å². The molecule has 0 saturated carbocycles. The number of halogens is 1. The van der Waals surface area contributed by atoms with Crippen LogP contribution in [0, 0.1) is 6.92 Å². The number of hydrogen-bond acceptors (Lipinski definition) is 7. The van der Waals surface area contributed by atoms with Gasteiger partial charge in [0.15, 0.2) is 5.78 Å². The Labute approximate surface area is 141 Å². The molecule has 0 aliphatic rings. The lowest BCUT2D eigenvalue weighted by molar-refractivity contribution is -0.502. The fourth-order valence-electron chi connectivity index (χ4n) is 1.88. The van der Waals surface area contributed by atoms with E-state index in [1.54, 1.807) is 18.2 Å². The molecule has 0 aromatic heterocycles. The Morgan fingerprint density at radius 3 is 2.12 bits per heavy atom. The molecule has 0 bridgehead atoms. The van der Waals surface area contributed by atoms with Crippen LogP contribution in [0.3, 0.4) is 0 Å². The lowest BCUT2D eigenvalue weighted by atomic mass is 10.0. The maximum Gasteiger partial charge on any atom is 0.409 e. The minimum Gasteiger partial charge on any atom is -0.433 e. The number of aryl methyl sites for hydroxylation is 1. The molecule has 24 heavy (non-hydrogen) atoms. The van der Waals surface area contributed by atoms with E-state index in [0.29, 0.717) is 10.6 Å². The van der Waals surface area contributed by atoms with Crippen molar-refractivity contribution in [2.45, 2.75) is 18.9 Å². The van der Waals surface area contributed by atoms with E-state index in [2.05, 4.69) is 4.74 Å². The highest BCUT2D eigenvalue weighted by Crippen LogP contribution is 2.24. The highest BCUT2D eigenvalue weighted by Gasteiger charge is 2.50. The van der Waals surface area contributed by atoms with Crippen LogP contribution in [0.1, 0.15) is 21.5 Å². The lowest BCUT2D eigenvalue weighted by Gasteiger charge is -2.29. The van der Waals surface area contributed by atoms with E-state index >= 15 is 0 Å². The Hall–Kier alpha value is -2.00. The van der Waals surface area contributed by atoms with Gasteiger partial charge < -0.3 is 30.3 Å². The van der Waals surface area contributed by atoms with E-state index in [-0.39, 0.29) is 17.1 Å². The van der Waals surface area contributed by atoms with Gasteiger partial charge in [-0.2, -0.15) is 0 Å². The van der Waals surface area contributed by atoms with Crippen LogP contribution in [0.2, 0.25) is 5.02 Å². The van der Waals surface area contributed by atoms with Gasteiger partial charge in [-0.1, -0.05) is 23.2 Å². The molecule has 0 spiro atoms. The Kier molecular flexibility index (Phi) is 4.95. The summed E-state index contributed by atoms with van der Waals surface area (Å²) in [7, 11) is 0. The van der Waals surface area contributed by atoms with Crippen molar-refractivity contribution in [3.8, 4) is 5.75 Å². The molecule has 8 heteroatoms. The van der Waals surface area contributed by atoms with Crippen molar-refractivity contribution in [2.24, 2.45) is 0 Å². The zero-order valence-electron chi connectivity index (χ0n) is 12.5. The van der Waals surface area contributed by atoms with Crippen molar-refractivity contribution in [1.29, 1.82) is 0 Å². The van der Waals surface area contributed by atoms with Gasteiger partial charge in [0.2, 0.25) is 0 Å². The highest BCUT2D eigenvalue weighted by atomic mass is 35.5. The number of ketones is 1. The predicted octanol–water partition coefficient (Wildman–Crippen LogP) is 0.527. The van der Waals surface area contributed by atoms with E-state index in [1.165, 1.54) is 24.3 Å². The fraction of sp³-hybridized carbons (Fsp3) is 0.188. The molecule has 128 valence electrons. The molecule has 0 atom stereocenters. The Bertz CT molecular complexity index is 748. The van der Waals surface area contributed by atoms with Crippen molar-refractivity contribution in [1.82, 2.24) is 0 Å². The second-order valence-corrected chi connectivity index (χ2v) is 5.59. The summed E-state index contributed by atoms with van der Waals surface area (Å²) in [6, 6.07) is 10.0. The quantitative estimate of drug-likeness (QED) is 0.391. The maximum absolute atomic E-state index is 12.4. The minimum atomic E-state index is -3.89. The van der Waals surface area contributed by atoms with Crippen molar-refractivity contribution < 1.29 is 35.1 Å². The molecule has 5 N–H and O–H groups in total. The lowest BCUT2D eigenvalue weighted by Crippen LogP contribution is -2.58.